The molecule has 0 saturated carbocycles. The molecule has 2 aliphatic heterocycles. The predicted octanol–water partition coefficient (Wildman–Crippen LogP) is 1.39. The summed E-state index contributed by atoms with van der Waals surface area (Å²) in [5.41, 5.74) is -0.514. The Morgan fingerprint density at radius 3 is 2.41 bits per heavy atom. The quantitative estimate of drug-likeness (QED) is 0.221. The van der Waals surface area contributed by atoms with Crippen LogP contribution in [0.5, 0.6) is 0 Å². The molecular weight excluding hydrogens is 436 g/mol. The first-order chi connectivity index (χ1) is 15.2. The molecule has 2 rings (SSSR count). The van der Waals surface area contributed by atoms with Crippen LogP contribution in [0.15, 0.2) is 0 Å². The molecule has 0 aromatic carbocycles. The molecule has 0 radical (unpaired) electrons. The van der Waals surface area contributed by atoms with E-state index in [0.717, 1.165) is 25.0 Å². The highest BCUT2D eigenvalue weighted by Gasteiger charge is 2.42. The van der Waals surface area contributed by atoms with E-state index in [-0.39, 0.29) is 24.0 Å². The van der Waals surface area contributed by atoms with Gasteiger partial charge in [-0.25, -0.2) is 9.59 Å². The van der Waals surface area contributed by atoms with E-state index >= 15 is 0 Å². The number of amides is 4. The van der Waals surface area contributed by atoms with E-state index in [1.165, 1.54) is 0 Å². The van der Waals surface area contributed by atoms with Crippen molar-refractivity contribution in [3.8, 4) is 0 Å². The molecular formula is C21H38N4O6S. The summed E-state index contributed by atoms with van der Waals surface area (Å²) in [4.78, 5) is 34.7. The molecule has 0 spiro atoms. The fourth-order valence-corrected chi connectivity index (χ4v) is 5.03. The number of thioether (sulfide) groups is 1. The summed E-state index contributed by atoms with van der Waals surface area (Å²) in [7, 11) is 0. The normalized spacial score (nSPS) is 22.1. The van der Waals surface area contributed by atoms with Crippen molar-refractivity contribution >= 4 is 29.8 Å². The van der Waals surface area contributed by atoms with Gasteiger partial charge in [-0.15, -0.1) is 0 Å². The van der Waals surface area contributed by atoms with Crippen LogP contribution in [0.1, 0.15) is 46.5 Å². The van der Waals surface area contributed by atoms with Gasteiger partial charge in [-0.1, -0.05) is 6.42 Å². The van der Waals surface area contributed by atoms with Crippen LogP contribution in [-0.2, 0) is 19.0 Å². The fraction of sp³-hybridized carbons (Fsp3) is 0.857. The first kappa shape index (κ1) is 26.5. The maximum atomic E-state index is 11.9. The summed E-state index contributed by atoms with van der Waals surface area (Å²) in [6, 6.07) is 0.414. The molecule has 10 nitrogen and oxygen atoms in total. The Bertz CT molecular complexity index is 616. The molecule has 2 saturated heterocycles. The van der Waals surface area contributed by atoms with Gasteiger partial charge in [-0.05, 0) is 33.6 Å². The van der Waals surface area contributed by atoms with E-state index in [2.05, 4.69) is 21.3 Å². The van der Waals surface area contributed by atoms with Crippen LogP contribution in [0.25, 0.3) is 0 Å². The fourth-order valence-electron chi connectivity index (χ4n) is 3.49. The number of urea groups is 1. The smallest absolute Gasteiger partial charge is 0.407 e. The average molecular weight is 475 g/mol. The standard InChI is InChI=1S/C21H38N4O6S/c1-21(2,3)31-20(28)23-9-11-30-13-12-29-10-8-22-17(26)7-5-4-6-16-18-15(14-32-16)24-19(27)25-18/h15-16,18H,4-14H2,1-3H3,(H,22,26)(H,23,28)(H2,24,25,27)/t15-,16?,18-/m1/s1. The van der Waals surface area contributed by atoms with Gasteiger partial charge in [0.2, 0.25) is 5.91 Å². The first-order valence-electron chi connectivity index (χ1n) is 11.3. The van der Waals surface area contributed by atoms with Gasteiger partial charge >= 0.3 is 12.1 Å². The molecule has 32 heavy (non-hydrogen) atoms. The summed E-state index contributed by atoms with van der Waals surface area (Å²) in [6.07, 6.45) is 2.87. The minimum absolute atomic E-state index is 0.0332. The number of hydrogen-bond donors (Lipinski definition) is 4. The Morgan fingerprint density at radius 2 is 1.72 bits per heavy atom. The molecule has 4 N–H and O–H groups in total. The van der Waals surface area contributed by atoms with Crippen LogP contribution in [-0.4, -0.2) is 86.2 Å². The van der Waals surface area contributed by atoms with Crippen molar-refractivity contribution in [1.82, 2.24) is 21.3 Å². The summed E-state index contributed by atoms with van der Waals surface area (Å²) in [6.45, 7) is 7.92. The molecule has 0 aliphatic carbocycles. The number of carbonyl (C=O) groups is 3. The topological polar surface area (TPSA) is 127 Å². The monoisotopic (exact) mass is 474 g/mol. The van der Waals surface area contributed by atoms with Crippen molar-refractivity contribution in [1.29, 1.82) is 0 Å². The molecule has 0 aromatic heterocycles. The van der Waals surface area contributed by atoms with Crippen molar-refractivity contribution in [3.05, 3.63) is 0 Å². The van der Waals surface area contributed by atoms with Crippen LogP contribution in [0, 0.1) is 0 Å². The molecule has 2 aliphatic rings. The molecule has 0 bridgehead atoms. The Balaban J connectivity index is 1.34. The van der Waals surface area contributed by atoms with E-state index in [4.69, 9.17) is 14.2 Å². The van der Waals surface area contributed by atoms with E-state index < -0.39 is 11.7 Å². The van der Waals surface area contributed by atoms with Crippen LogP contribution in [0.4, 0.5) is 9.59 Å². The number of rotatable bonds is 14. The number of hydrogen-bond acceptors (Lipinski definition) is 7. The number of fused-ring (bicyclic) bond motifs is 1. The van der Waals surface area contributed by atoms with Crippen molar-refractivity contribution < 1.29 is 28.6 Å². The lowest BCUT2D eigenvalue weighted by Crippen LogP contribution is -2.36. The average Bonchev–Trinajstić information content (AvgIpc) is 3.24. The van der Waals surface area contributed by atoms with Gasteiger partial charge in [0.25, 0.3) is 0 Å². The highest BCUT2D eigenvalue weighted by molar-refractivity contribution is 8.00. The van der Waals surface area contributed by atoms with Crippen molar-refractivity contribution in [2.45, 2.75) is 69.4 Å². The van der Waals surface area contributed by atoms with Gasteiger partial charge in [0.05, 0.1) is 38.5 Å². The third-order valence-electron chi connectivity index (χ3n) is 4.94. The molecule has 4 amide bonds. The maximum absolute atomic E-state index is 11.9. The van der Waals surface area contributed by atoms with Crippen molar-refractivity contribution in [2.75, 3.05) is 45.3 Å². The van der Waals surface area contributed by atoms with Gasteiger partial charge in [0, 0.05) is 30.5 Å². The number of ether oxygens (including phenoxy) is 3. The summed E-state index contributed by atoms with van der Waals surface area (Å²) in [5, 5.41) is 11.8. The van der Waals surface area contributed by atoms with E-state index in [1.807, 2.05) is 32.5 Å². The van der Waals surface area contributed by atoms with Gasteiger partial charge in [0.1, 0.15) is 5.60 Å². The zero-order valence-corrected chi connectivity index (χ0v) is 20.2. The number of nitrogens with one attached hydrogen (secondary N) is 4. The highest BCUT2D eigenvalue weighted by atomic mass is 32.2. The van der Waals surface area contributed by atoms with Crippen LogP contribution in [0.3, 0.4) is 0 Å². The first-order valence-corrected chi connectivity index (χ1v) is 12.4. The Kier molecular flexibility index (Phi) is 11.4. The molecule has 1 unspecified atom stereocenters. The maximum Gasteiger partial charge on any atom is 0.407 e. The second-order valence-corrected chi connectivity index (χ2v) is 10.1. The van der Waals surface area contributed by atoms with Crippen molar-refractivity contribution in [3.63, 3.8) is 0 Å². The zero-order valence-electron chi connectivity index (χ0n) is 19.4. The van der Waals surface area contributed by atoms with Gasteiger partial charge in [-0.2, -0.15) is 11.8 Å². The second kappa shape index (κ2) is 13.7. The van der Waals surface area contributed by atoms with Crippen LogP contribution in [0.2, 0.25) is 0 Å². The van der Waals surface area contributed by atoms with Crippen LogP contribution < -0.4 is 21.3 Å². The number of carbonyl (C=O) groups excluding carboxylic acids is 3. The molecule has 2 heterocycles. The lowest BCUT2D eigenvalue weighted by atomic mass is 10.0. The molecule has 0 aromatic rings. The third kappa shape index (κ3) is 10.7. The van der Waals surface area contributed by atoms with Crippen LogP contribution >= 0.6 is 11.8 Å². The van der Waals surface area contributed by atoms with Gasteiger partial charge in [-0.3, -0.25) is 4.79 Å². The predicted molar refractivity (Wildman–Crippen MR) is 123 cm³/mol. The number of alkyl carbamates (subject to hydrolysis) is 1. The lowest BCUT2D eigenvalue weighted by molar-refractivity contribution is -0.121. The molecule has 3 atom stereocenters. The Morgan fingerprint density at radius 1 is 1.03 bits per heavy atom. The third-order valence-corrected chi connectivity index (χ3v) is 6.44. The molecule has 184 valence electrons. The summed E-state index contributed by atoms with van der Waals surface area (Å²) >= 11 is 1.90. The van der Waals surface area contributed by atoms with E-state index in [9.17, 15) is 14.4 Å². The largest absolute Gasteiger partial charge is 0.444 e. The number of unbranched alkanes of at least 4 members (excludes halogenated alkanes) is 1. The zero-order chi connectivity index (χ0) is 23.4. The van der Waals surface area contributed by atoms with Gasteiger partial charge in [0.15, 0.2) is 0 Å². The summed E-state index contributed by atoms with van der Waals surface area (Å²) < 4.78 is 15.9. The molecule has 11 heteroatoms. The van der Waals surface area contributed by atoms with Crippen molar-refractivity contribution in [2.24, 2.45) is 0 Å². The van der Waals surface area contributed by atoms with Gasteiger partial charge < -0.3 is 35.5 Å². The minimum Gasteiger partial charge on any atom is -0.444 e. The Hall–Kier alpha value is -1.72. The lowest BCUT2D eigenvalue weighted by Gasteiger charge is -2.19. The van der Waals surface area contributed by atoms with E-state index in [1.54, 1.807) is 0 Å². The minimum atomic E-state index is -0.514. The highest BCUT2D eigenvalue weighted by Crippen LogP contribution is 2.33. The Labute approximate surface area is 194 Å². The SMILES string of the molecule is CC(C)(C)OC(=O)NCCOCCOCCNC(=O)CCCCC1SC[C@H]2NC(=O)N[C@@H]12. The molecule has 2 fully saturated rings. The van der Waals surface area contributed by atoms with E-state index in [0.29, 0.717) is 51.2 Å². The summed E-state index contributed by atoms with van der Waals surface area (Å²) in [5.74, 6) is 0.994. The second-order valence-electron chi connectivity index (χ2n) is 8.87.